The van der Waals surface area contributed by atoms with E-state index < -0.39 is 10.0 Å². The van der Waals surface area contributed by atoms with Crippen LogP contribution in [0, 0.1) is 0 Å². The van der Waals surface area contributed by atoms with Crippen LogP contribution in [0.3, 0.4) is 0 Å². The van der Waals surface area contributed by atoms with Crippen LogP contribution in [-0.4, -0.2) is 26.6 Å². The molecule has 3 rings (SSSR count). The molecule has 1 fully saturated rings. The lowest BCUT2D eigenvalue weighted by Gasteiger charge is -2.19. The van der Waals surface area contributed by atoms with Gasteiger partial charge in [0.2, 0.25) is 15.9 Å². The molecule has 0 radical (unpaired) electrons. The molecule has 2 aromatic rings. The Hall–Kier alpha value is -1.57. The van der Waals surface area contributed by atoms with Crippen LogP contribution in [0.4, 0.5) is 11.4 Å². The molecule has 1 aromatic heterocycles. The molecule has 1 amide bonds. The molecule has 122 valence electrons. The Morgan fingerprint density at radius 2 is 2.17 bits per heavy atom. The van der Waals surface area contributed by atoms with Gasteiger partial charge < -0.3 is 5.32 Å². The molecule has 0 aliphatic carbocycles. The summed E-state index contributed by atoms with van der Waals surface area (Å²) in [5.74, 6) is 0.00729. The number of halogens is 1. The predicted molar refractivity (Wildman–Crippen MR) is 93.9 cm³/mol. The molecule has 1 aromatic carbocycles. The molecule has 0 bridgehead atoms. The van der Waals surface area contributed by atoms with E-state index in [-0.39, 0.29) is 11.7 Å². The first-order chi connectivity index (χ1) is 11.0. The average molecular weight is 371 g/mol. The lowest BCUT2D eigenvalue weighted by molar-refractivity contribution is -0.115. The third kappa shape index (κ3) is 3.68. The van der Waals surface area contributed by atoms with Gasteiger partial charge in [0.25, 0.3) is 0 Å². The van der Waals surface area contributed by atoms with Crippen LogP contribution in [-0.2, 0) is 21.2 Å². The van der Waals surface area contributed by atoms with Crippen LogP contribution >= 0.6 is 22.9 Å². The van der Waals surface area contributed by atoms with Crippen LogP contribution in [0.2, 0.25) is 5.02 Å². The van der Waals surface area contributed by atoms with Crippen molar-refractivity contribution in [1.29, 1.82) is 0 Å². The minimum Gasteiger partial charge on any atom is -0.326 e. The summed E-state index contributed by atoms with van der Waals surface area (Å²) in [6.07, 6.45) is 0.898. The number of amides is 1. The molecule has 0 atom stereocenters. The van der Waals surface area contributed by atoms with Crippen LogP contribution in [0.15, 0.2) is 35.7 Å². The summed E-state index contributed by atoms with van der Waals surface area (Å²) >= 11 is 7.73. The van der Waals surface area contributed by atoms with E-state index in [9.17, 15) is 13.2 Å². The Morgan fingerprint density at radius 1 is 1.35 bits per heavy atom. The number of rotatable bonds is 4. The molecule has 0 saturated carbocycles. The molecule has 5 nitrogen and oxygen atoms in total. The van der Waals surface area contributed by atoms with E-state index >= 15 is 0 Å². The normalized spacial score (nSPS) is 16.5. The second-order valence-electron chi connectivity index (χ2n) is 5.21. The Kier molecular flexibility index (Phi) is 4.61. The van der Waals surface area contributed by atoms with E-state index in [0.717, 1.165) is 4.88 Å². The highest BCUT2D eigenvalue weighted by Crippen LogP contribution is 2.33. The van der Waals surface area contributed by atoms with Gasteiger partial charge in [0.05, 0.1) is 22.9 Å². The molecule has 8 heteroatoms. The smallest absolute Gasteiger partial charge is 0.235 e. The Balaban J connectivity index is 1.73. The summed E-state index contributed by atoms with van der Waals surface area (Å²) in [6, 6.07) is 8.68. The van der Waals surface area contributed by atoms with Gasteiger partial charge in [0, 0.05) is 17.1 Å². The largest absolute Gasteiger partial charge is 0.326 e. The first kappa shape index (κ1) is 16.3. The Bertz CT molecular complexity index is 819. The maximum Gasteiger partial charge on any atom is 0.235 e. The van der Waals surface area contributed by atoms with E-state index in [2.05, 4.69) is 5.32 Å². The molecule has 2 heterocycles. The van der Waals surface area contributed by atoms with Gasteiger partial charge in [-0.3, -0.25) is 9.10 Å². The predicted octanol–water partition coefficient (Wildman–Crippen LogP) is 3.12. The maximum absolute atomic E-state index is 12.0. The van der Waals surface area contributed by atoms with Crippen molar-refractivity contribution in [3.8, 4) is 0 Å². The summed E-state index contributed by atoms with van der Waals surface area (Å²) in [7, 11) is -3.27. The van der Waals surface area contributed by atoms with E-state index in [1.165, 1.54) is 15.6 Å². The summed E-state index contributed by atoms with van der Waals surface area (Å²) in [4.78, 5) is 13.0. The van der Waals surface area contributed by atoms with E-state index in [1.807, 2.05) is 17.5 Å². The number of nitrogens with zero attached hydrogens (tertiary/aromatic N) is 1. The molecule has 1 aliphatic rings. The number of carbonyl (C=O) groups excluding carboxylic acids is 1. The fraction of sp³-hybridized carbons (Fsp3) is 0.267. The summed E-state index contributed by atoms with van der Waals surface area (Å²) in [5, 5.41) is 5.01. The molecule has 1 aliphatic heterocycles. The number of carbonyl (C=O) groups is 1. The van der Waals surface area contributed by atoms with E-state index in [4.69, 9.17) is 11.6 Å². The number of anilines is 2. The topological polar surface area (TPSA) is 66.5 Å². The van der Waals surface area contributed by atoms with Crippen molar-refractivity contribution in [1.82, 2.24) is 0 Å². The molecule has 23 heavy (non-hydrogen) atoms. The summed E-state index contributed by atoms with van der Waals surface area (Å²) < 4.78 is 25.2. The third-order valence-electron chi connectivity index (χ3n) is 3.51. The van der Waals surface area contributed by atoms with Gasteiger partial charge in [0.15, 0.2) is 0 Å². The van der Waals surface area contributed by atoms with Crippen molar-refractivity contribution in [2.75, 3.05) is 21.9 Å². The second-order valence-corrected chi connectivity index (χ2v) is 8.66. The lowest BCUT2D eigenvalue weighted by Crippen LogP contribution is -2.25. The van der Waals surface area contributed by atoms with Crippen molar-refractivity contribution < 1.29 is 13.2 Å². The summed E-state index contributed by atoms with van der Waals surface area (Å²) in [6.45, 7) is 0.437. The fourth-order valence-electron chi connectivity index (χ4n) is 2.47. The molecule has 1 saturated heterocycles. The van der Waals surface area contributed by atoms with Crippen molar-refractivity contribution in [2.24, 2.45) is 0 Å². The zero-order valence-corrected chi connectivity index (χ0v) is 14.5. The van der Waals surface area contributed by atoms with Crippen LogP contribution in [0.25, 0.3) is 0 Å². The van der Waals surface area contributed by atoms with Crippen molar-refractivity contribution in [2.45, 2.75) is 12.8 Å². The quantitative estimate of drug-likeness (QED) is 0.899. The molecule has 0 spiro atoms. The highest BCUT2D eigenvalue weighted by Gasteiger charge is 2.29. The first-order valence-electron chi connectivity index (χ1n) is 7.08. The van der Waals surface area contributed by atoms with Crippen LogP contribution in [0.5, 0.6) is 0 Å². The van der Waals surface area contributed by atoms with Crippen molar-refractivity contribution >= 4 is 50.2 Å². The highest BCUT2D eigenvalue weighted by atomic mass is 35.5. The molecular weight excluding hydrogens is 356 g/mol. The number of hydrogen-bond acceptors (Lipinski definition) is 4. The van der Waals surface area contributed by atoms with Gasteiger partial charge in [-0.05, 0) is 36.1 Å². The minimum absolute atomic E-state index is 0.134. The number of sulfonamides is 1. The van der Waals surface area contributed by atoms with E-state index in [1.54, 1.807) is 18.2 Å². The van der Waals surface area contributed by atoms with Gasteiger partial charge in [-0.2, -0.15) is 0 Å². The Morgan fingerprint density at radius 3 is 2.78 bits per heavy atom. The third-order valence-corrected chi connectivity index (χ3v) is 6.55. The second kappa shape index (κ2) is 6.51. The van der Waals surface area contributed by atoms with Gasteiger partial charge >= 0.3 is 0 Å². The number of benzene rings is 1. The van der Waals surface area contributed by atoms with Gasteiger partial charge in [-0.15, -0.1) is 11.3 Å². The van der Waals surface area contributed by atoms with Gasteiger partial charge in [-0.1, -0.05) is 17.7 Å². The standard InChI is InChI=1S/C15H15ClN2O3S2/c16-13-9-11(17-15(19)10-12-3-1-7-22-12)4-5-14(13)18-6-2-8-23(18,20)21/h1,3-5,7,9H,2,6,8,10H2,(H,17,19). The highest BCUT2D eigenvalue weighted by molar-refractivity contribution is 7.93. The lowest BCUT2D eigenvalue weighted by atomic mass is 10.2. The molecule has 0 unspecified atom stereocenters. The average Bonchev–Trinajstić information content (AvgIpc) is 3.08. The number of nitrogens with one attached hydrogen (secondary N) is 1. The first-order valence-corrected chi connectivity index (χ1v) is 9.94. The SMILES string of the molecule is O=C(Cc1cccs1)Nc1ccc(N2CCCS2(=O)=O)c(Cl)c1. The monoisotopic (exact) mass is 370 g/mol. The Labute approximate surface area is 143 Å². The van der Waals surface area contributed by atoms with E-state index in [0.29, 0.717) is 35.8 Å². The van der Waals surface area contributed by atoms with Crippen molar-refractivity contribution in [3.05, 3.63) is 45.6 Å². The summed E-state index contributed by atoms with van der Waals surface area (Å²) in [5.41, 5.74) is 1.01. The van der Waals surface area contributed by atoms with Gasteiger partial charge in [0.1, 0.15) is 0 Å². The molecular formula is C15H15ClN2O3S2. The minimum atomic E-state index is -3.27. The van der Waals surface area contributed by atoms with Crippen molar-refractivity contribution in [3.63, 3.8) is 0 Å². The zero-order valence-electron chi connectivity index (χ0n) is 12.2. The van der Waals surface area contributed by atoms with Crippen LogP contribution in [0.1, 0.15) is 11.3 Å². The number of thiophene rings is 1. The van der Waals surface area contributed by atoms with Gasteiger partial charge in [-0.25, -0.2) is 8.42 Å². The zero-order chi connectivity index (χ0) is 16.4. The molecule has 1 N–H and O–H groups in total. The number of hydrogen-bond donors (Lipinski definition) is 1. The fourth-order valence-corrected chi connectivity index (χ4v) is 5.09. The maximum atomic E-state index is 12.0. The van der Waals surface area contributed by atoms with Crippen LogP contribution < -0.4 is 9.62 Å².